The molecule has 0 heterocycles. The molecule has 0 fully saturated rings. The van der Waals surface area contributed by atoms with E-state index < -0.39 is 0 Å². The molecule has 0 radical (unpaired) electrons. The van der Waals surface area contributed by atoms with E-state index in [4.69, 9.17) is 28.9 Å². The quantitative estimate of drug-likeness (QED) is 0.839. The van der Waals surface area contributed by atoms with E-state index >= 15 is 0 Å². The summed E-state index contributed by atoms with van der Waals surface area (Å²) in [5.41, 5.74) is 5.99. The van der Waals surface area contributed by atoms with Crippen LogP contribution in [0.3, 0.4) is 0 Å². The van der Waals surface area contributed by atoms with E-state index in [2.05, 4.69) is 0 Å². The van der Waals surface area contributed by atoms with Crippen molar-refractivity contribution in [1.29, 1.82) is 0 Å². The molecule has 16 heavy (non-hydrogen) atoms. The molecule has 0 aromatic heterocycles. The van der Waals surface area contributed by atoms with Gasteiger partial charge in [0.05, 0.1) is 5.02 Å². The number of carbonyl (C=O) groups is 1. The standard InChI is InChI=1S/C12H15Cl2NO/c1-12(2,15)6-5-11(16)9-4-3-8(13)7-10(9)14/h3-4,7H,5-6,15H2,1-2H3. The SMILES string of the molecule is CC(C)(N)CCC(=O)c1ccc(Cl)cc1Cl. The highest BCUT2D eigenvalue weighted by Crippen LogP contribution is 2.23. The van der Waals surface area contributed by atoms with E-state index in [9.17, 15) is 4.79 Å². The average molecular weight is 260 g/mol. The van der Waals surface area contributed by atoms with E-state index in [0.29, 0.717) is 28.5 Å². The van der Waals surface area contributed by atoms with E-state index in [0.717, 1.165) is 0 Å². The Balaban J connectivity index is 2.74. The molecular formula is C12H15Cl2NO. The molecular weight excluding hydrogens is 245 g/mol. The minimum atomic E-state index is -0.339. The van der Waals surface area contributed by atoms with Gasteiger partial charge in [0.15, 0.2) is 5.78 Å². The van der Waals surface area contributed by atoms with Crippen LogP contribution in [0.5, 0.6) is 0 Å². The summed E-state index contributed by atoms with van der Waals surface area (Å²) in [5.74, 6) is 0.000177. The summed E-state index contributed by atoms with van der Waals surface area (Å²) in [7, 11) is 0. The third-order valence-electron chi connectivity index (χ3n) is 2.23. The Kier molecular flexibility index (Phi) is 4.36. The van der Waals surface area contributed by atoms with Crippen LogP contribution >= 0.6 is 23.2 Å². The van der Waals surface area contributed by atoms with Crippen LogP contribution in [-0.4, -0.2) is 11.3 Å². The molecule has 0 saturated carbocycles. The normalized spacial score (nSPS) is 11.6. The van der Waals surface area contributed by atoms with Gasteiger partial charge in [-0.05, 0) is 38.5 Å². The largest absolute Gasteiger partial charge is 0.326 e. The maximum atomic E-state index is 11.8. The average Bonchev–Trinajstić information content (AvgIpc) is 2.13. The lowest BCUT2D eigenvalue weighted by molar-refractivity contribution is 0.0973. The van der Waals surface area contributed by atoms with Crippen molar-refractivity contribution < 1.29 is 4.79 Å². The zero-order chi connectivity index (χ0) is 12.3. The van der Waals surface area contributed by atoms with Gasteiger partial charge >= 0.3 is 0 Å². The predicted molar refractivity (Wildman–Crippen MR) is 68.3 cm³/mol. The molecule has 0 aliphatic rings. The summed E-state index contributed by atoms with van der Waals surface area (Å²) in [6, 6.07) is 4.88. The number of hydrogen-bond acceptors (Lipinski definition) is 2. The fraction of sp³-hybridized carbons (Fsp3) is 0.417. The van der Waals surface area contributed by atoms with Crippen LogP contribution in [0.15, 0.2) is 18.2 Å². The zero-order valence-corrected chi connectivity index (χ0v) is 10.9. The molecule has 0 amide bonds. The number of rotatable bonds is 4. The smallest absolute Gasteiger partial charge is 0.164 e. The lowest BCUT2D eigenvalue weighted by atomic mass is 9.96. The second-order valence-corrected chi connectivity index (χ2v) is 5.38. The van der Waals surface area contributed by atoms with Gasteiger partial charge in [-0.3, -0.25) is 4.79 Å². The van der Waals surface area contributed by atoms with Crippen molar-refractivity contribution >= 4 is 29.0 Å². The first kappa shape index (κ1) is 13.5. The summed E-state index contributed by atoms with van der Waals surface area (Å²) in [6.07, 6.45) is 1.02. The van der Waals surface area contributed by atoms with Crippen molar-refractivity contribution in [2.75, 3.05) is 0 Å². The summed E-state index contributed by atoms with van der Waals surface area (Å²) >= 11 is 11.7. The summed E-state index contributed by atoms with van der Waals surface area (Å²) in [5, 5.41) is 0.924. The van der Waals surface area contributed by atoms with Crippen molar-refractivity contribution in [3.8, 4) is 0 Å². The van der Waals surface area contributed by atoms with Crippen LogP contribution in [0, 0.1) is 0 Å². The van der Waals surface area contributed by atoms with Crippen LogP contribution < -0.4 is 5.73 Å². The lowest BCUT2D eigenvalue weighted by Crippen LogP contribution is -2.32. The van der Waals surface area contributed by atoms with Crippen LogP contribution in [0.2, 0.25) is 10.0 Å². The molecule has 1 rings (SSSR count). The van der Waals surface area contributed by atoms with Crippen molar-refractivity contribution in [1.82, 2.24) is 0 Å². The Morgan fingerprint density at radius 3 is 2.50 bits per heavy atom. The van der Waals surface area contributed by atoms with Crippen LogP contribution in [-0.2, 0) is 0 Å². The predicted octanol–water partition coefficient (Wildman–Crippen LogP) is 3.69. The first-order chi connectivity index (χ1) is 7.29. The van der Waals surface area contributed by atoms with Gasteiger partial charge in [0.1, 0.15) is 0 Å². The first-order valence-electron chi connectivity index (χ1n) is 5.07. The highest BCUT2D eigenvalue weighted by Gasteiger charge is 2.16. The molecule has 2 N–H and O–H groups in total. The van der Waals surface area contributed by atoms with Gasteiger partial charge in [-0.1, -0.05) is 23.2 Å². The fourth-order valence-electron chi connectivity index (χ4n) is 1.29. The summed E-state index contributed by atoms with van der Waals surface area (Å²) in [4.78, 5) is 11.8. The third kappa shape index (κ3) is 4.12. The van der Waals surface area contributed by atoms with Crippen LogP contribution in [0.25, 0.3) is 0 Å². The number of nitrogens with two attached hydrogens (primary N) is 1. The van der Waals surface area contributed by atoms with Gasteiger partial charge in [-0.15, -0.1) is 0 Å². The summed E-state index contributed by atoms with van der Waals surface area (Å²) < 4.78 is 0. The first-order valence-corrected chi connectivity index (χ1v) is 5.82. The molecule has 0 aliphatic heterocycles. The van der Waals surface area contributed by atoms with Crippen LogP contribution in [0.1, 0.15) is 37.0 Å². The van der Waals surface area contributed by atoms with Crippen molar-refractivity contribution in [3.63, 3.8) is 0 Å². The third-order valence-corrected chi connectivity index (χ3v) is 2.78. The second kappa shape index (κ2) is 5.17. The molecule has 88 valence electrons. The Morgan fingerprint density at radius 2 is 2.00 bits per heavy atom. The Hall–Kier alpha value is -0.570. The lowest BCUT2D eigenvalue weighted by Gasteiger charge is -2.17. The van der Waals surface area contributed by atoms with Gasteiger partial charge in [-0.25, -0.2) is 0 Å². The molecule has 4 heteroatoms. The Bertz CT molecular complexity index is 396. The second-order valence-electron chi connectivity index (χ2n) is 4.54. The van der Waals surface area contributed by atoms with E-state index in [1.54, 1.807) is 18.2 Å². The number of carbonyl (C=O) groups excluding carboxylic acids is 1. The maximum Gasteiger partial charge on any atom is 0.164 e. The van der Waals surface area contributed by atoms with E-state index in [1.165, 1.54) is 0 Å². The zero-order valence-electron chi connectivity index (χ0n) is 9.39. The van der Waals surface area contributed by atoms with E-state index in [-0.39, 0.29) is 11.3 Å². The monoisotopic (exact) mass is 259 g/mol. The topological polar surface area (TPSA) is 43.1 Å². The van der Waals surface area contributed by atoms with Gasteiger partial charge in [0.25, 0.3) is 0 Å². The molecule has 0 unspecified atom stereocenters. The molecule has 0 aliphatic carbocycles. The number of ketones is 1. The Morgan fingerprint density at radius 1 is 1.38 bits per heavy atom. The molecule has 0 spiro atoms. The minimum Gasteiger partial charge on any atom is -0.326 e. The molecule has 0 atom stereocenters. The van der Waals surface area contributed by atoms with Gasteiger partial charge < -0.3 is 5.73 Å². The number of Topliss-reactive ketones (excluding diaryl/α,β-unsaturated/α-hetero) is 1. The van der Waals surface area contributed by atoms with Gasteiger partial charge in [-0.2, -0.15) is 0 Å². The molecule has 1 aromatic rings. The Labute approximate surface area is 106 Å². The highest BCUT2D eigenvalue weighted by molar-refractivity contribution is 6.36. The van der Waals surface area contributed by atoms with Crippen LogP contribution in [0.4, 0.5) is 0 Å². The van der Waals surface area contributed by atoms with Gasteiger partial charge in [0, 0.05) is 22.5 Å². The number of benzene rings is 1. The number of hydrogen-bond donors (Lipinski definition) is 1. The van der Waals surface area contributed by atoms with E-state index in [1.807, 2.05) is 13.8 Å². The summed E-state index contributed by atoms with van der Waals surface area (Å²) in [6.45, 7) is 3.79. The highest BCUT2D eigenvalue weighted by atomic mass is 35.5. The minimum absolute atomic E-state index is 0.000177. The molecule has 1 aromatic carbocycles. The van der Waals surface area contributed by atoms with Crippen molar-refractivity contribution in [2.45, 2.75) is 32.2 Å². The molecule has 0 bridgehead atoms. The van der Waals surface area contributed by atoms with Crippen molar-refractivity contribution in [2.24, 2.45) is 5.73 Å². The van der Waals surface area contributed by atoms with Crippen molar-refractivity contribution in [3.05, 3.63) is 33.8 Å². The van der Waals surface area contributed by atoms with Gasteiger partial charge in [0.2, 0.25) is 0 Å². The maximum absolute atomic E-state index is 11.8. The molecule has 0 saturated heterocycles. The fourth-order valence-corrected chi connectivity index (χ4v) is 1.80. The number of halogens is 2. The molecule has 2 nitrogen and oxygen atoms in total.